The van der Waals surface area contributed by atoms with Gasteiger partial charge in [-0.05, 0) is 52.3 Å². The number of nitrogens with one attached hydrogen (secondary N) is 1. The summed E-state index contributed by atoms with van der Waals surface area (Å²) in [7, 11) is 1.35. The number of hydrogen-bond acceptors (Lipinski definition) is 5. The number of ketones is 1. The van der Waals surface area contributed by atoms with Crippen LogP contribution in [-0.4, -0.2) is 30.3 Å². The fourth-order valence-corrected chi connectivity index (χ4v) is 5.42. The van der Waals surface area contributed by atoms with Crippen LogP contribution in [0.5, 0.6) is 0 Å². The molecule has 7 heteroatoms. The molecular weight excluding hydrogens is 388 g/mol. The Kier molecular flexibility index (Phi) is 5.40. The molecule has 3 N–H and O–H groups in total. The molecule has 0 spiro atoms. The molecular formula is C22H27N2O4S+. The third-order valence-corrected chi connectivity index (χ3v) is 6.63. The van der Waals surface area contributed by atoms with E-state index in [4.69, 9.17) is 4.74 Å². The first-order valence-corrected chi connectivity index (χ1v) is 10.3. The van der Waals surface area contributed by atoms with E-state index in [1.165, 1.54) is 25.4 Å². The van der Waals surface area contributed by atoms with Gasteiger partial charge in [-0.2, -0.15) is 0 Å². The average molecular weight is 416 g/mol. The number of ether oxygens (including phenoxy) is 1. The van der Waals surface area contributed by atoms with Crippen LogP contribution in [0.2, 0.25) is 0 Å². The molecule has 0 saturated carbocycles. The number of anilines is 1. The maximum Gasteiger partial charge on any atom is 0.341 e. The van der Waals surface area contributed by atoms with Gasteiger partial charge in [-0.1, -0.05) is 12.1 Å². The molecule has 1 aliphatic rings. The second-order valence-corrected chi connectivity index (χ2v) is 9.75. The summed E-state index contributed by atoms with van der Waals surface area (Å²) in [6.45, 7) is 10.0. The van der Waals surface area contributed by atoms with Gasteiger partial charge in [-0.15, -0.1) is 11.3 Å². The highest BCUT2D eigenvalue weighted by atomic mass is 32.1. The number of methoxy groups -OCH3 is 1. The largest absolute Gasteiger partial charge is 0.465 e. The number of nitrogens with two attached hydrogens (primary N) is 1. The second kappa shape index (κ2) is 7.39. The van der Waals surface area contributed by atoms with Crippen LogP contribution in [0.4, 0.5) is 5.00 Å². The summed E-state index contributed by atoms with van der Waals surface area (Å²) >= 11 is 1.43. The van der Waals surface area contributed by atoms with Gasteiger partial charge in [0.1, 0.15) is 10.5 Å². The normalized spacial score (nSPS) is 16.6. The number of amides is 1. The lowest BCUT2D eigenvalue weighted by Gasteiger charge is -2.38. The van der Waals surface area contributed by atoms with Crippen molar-refractivity contribution in [2.24, 2.45) is 0 Å². The van der Waals surface area contributed by atoms with E-state index >= 15 is 0 Å². The number of rotatable bonds is 4. The van der Waals surface area contributed by atoms with E-state index in [0.29, 0.717) is 28.1 Å². The van der Waals surface area contributed by atoms with Gasteiger partial charge in [0.05, 0.1) is 23.1 Å². The molecule has 6 nitrogen and oxygen atoms in total. The Hall–Kier alpha value is -2.51. The van der Waals surface area contributed by atoms with Crippen molar-refractivity contribution in [3.05, 3.63) is 51.4 Å². The number of benzene rings is 1. The van der Waals surface area contributed by atoms with Crippen molar-refractivity contribution in [2.75, 3.05) is 12.4 Å². The van der Waals surface area contributed by atoms with Crippen LogP contribution in [0.3, 0.4) is 0 Å². The predicted octanol–water partition coefficient (Wildman–Crippen LogP) is 3.12. The fraction of sp³-hybridized carbons (Fsp3) is 0.409. The number of thiophene rings is 1. The first-order chi connectivity index (χ1) is 13.4. The van der Waals surface area contributed by atoms with Crippen molar-refractivity contribution < 1.29 is 24.4 Å². The van der Waals surface area contributed by atoms with Crippen molar-refractivity contribution in [1.29, 1.82) is 0 Å². The standard InChI is InChI=1S/C22H26N2O4S/c1-12(25)13-7-9-14(10-8-13)18(26)23-19-16(20(27)28-6)15-11-21(2,3)24-22(4,5)17(15)29-19/h7-10,24H,11H2,1-6H3,(H,23,26)/p+1. The number of quaternary nitrogens is 1. The van der Waals surface area contributed by atoms with Crippen molar-refractivity contribution in [3.63, 3.8) is 0 Å². The average Bonchev–Trinajstić information content (AvgIpc) is 2.98. The van der Waals surface area contributed by atoms with Crippen LogP contribution in [0.25, 0.3) is 0 Å². The van der Waals surface area contributed by atoms with E-state index in [9.17, 15) is 14.4 Å². The minimum Gasteiger partial charge on any atom is -0.465 e. The van der Waals surface area contributed by atoms with Crippen LogP contribution in [0.1, 0.15) is 76.1 Å². The Morgan fingerprint density at radius 1 is 1.07 bits per heavy atom. The Bertz CT molecular complexity index is 987. The zero-order chi connectivity index (χ0) is 21.6. The molecule has 154 valence electrons. The lowest BCUT2D eigenvalue weighted by molar-refractivity contribution is -0.789. The Balaban J connectivity index is 2.01. The van der Waals surface area contributed by atoms with Crippen molar-refractivity contribution in [3.8, 4) is 0 Å². The zero-order valence-electron chi connectivity index (χ0n) is 17.6. The molecule has 0 bridgehead atoms. The second-order valence-electron chi connectivity index (χ2n) is 8.72. The Morgan fingerprint density at radius 3 is 2.21 bits per heavy atom. The number of Topliss-reactive ketones (excluding diaryl/α,β-unsaturated/α-hetero) is 1. The highest BCUT2D eigenvalue weighted by Crippen LogP contribution is 2.42. The summed E-state index contributed by atoms with van der Waals surface area (Å²) in [5, 5.41) is 5.69. The monoisotopic (exact) mass is 415 g/mol. The molecule has 0 unspecified atom stereocenters. The topological polar surface area (TPSA) is 89.1 Å². The van der Waals surface area contributed by atoms with E-state index in [0.717, 1.165) is 10.4 Å². The minimum absolute atomic E-state index is 0.0584. The van der Waals surface area contributed by atoms with Gasteiger partial charge in [0.15, 0.2) is 5.78 Å². The molecule has 0 atom stereocenters. The molecule has 1 aromatic heterocycles. The van der Waals surface area contributed by atoms with E-state index < -0.39 is 5.97 Å². The van der Waals surface area contributed by atoms with Crippen LogP contribution < -0.4 is 10.6 Å². The summed E-state index contributed by atoms with van der Waals surface area (Å²) in [4.78, 5) is 37.9. The smallest absolute Gasteiger partial charge is 0.341 e. The highest BCUT2D eigenvalue weighted by Gasteiger charge is 2.45. The van der Waals surface area contributed by atoms with Crippen molar-refractivity contribution in [1.82, 2.24) is 0 Å². The third kappa shape index (κ3) is 4.11. The molecule has 0 fully saturated rings. The lowest BCUT2D eigenvalue weighted by Crippen LogP contribution is -3.03. The summed E-state index contributed by atoms with van der Waals surface area (Å²) in [6.07, 6.45) is 0.704. The maximum absolute atomic E-state index is 12.8. The van der Waals surface area contributed by atoms with E-state index in [2.05, 4.69) is 38.3 Å². The highest BCUT2D eigenvalue weighted by molar-refractivity contribution is 7.17. The summed E-state index contributed by atoms with van der Waals surface area (Å²) in [6, 6.07) is 6.47. The molecule has 3 rings (SSSR count). The first kappa shape index (κ1) is 21.2. The molecule has 1 aliphatic heterocycles. The van der Waals surface area contributed by atoms with Gasteiger partial charge < -0.3 is 15.4 Å². The minimum atomic E-state index is -0.446. The van der Waals surface area contributed by atoms with Crippen molar-refractivity contribution in [2.45, 2.75) is 52.1 Å². The van der Waals surface area contributed by atoms with E-state index in [1.54, 1.807) is 24.3 Å². The number of hydrogen-bond donors (Lipinski definition) is 2. The van der Waals surface area contributed by atoms with Gasteiger partial charge >= 0.3 is 5.97 Å². The van der Waals surface area contributed by atoms with Gasteiger partial charge in [0.25, 0.3) is 5.91 Å². The number of fused-ring (bicyclic) bond motifs is 1. The molecule has 0 radical (unpaired) electrons. The number of esters is 1. The van der Waals surface area contributed by atoms with Gasteiger partial charge in [-0.3, -0.25) is 9.59 Å². The lowest BCUT2D eigenvalue weighted by atomic mass is 9.81. The molecule has 2 heterocycles. The van der Waals surface area contributed by atoms with Crippen molar-refractivity contribution >= 4 is 34.0 Å². The summed E-state index contributed by atoms with van der Waals surface area (Å²) < 4.78 is 5.04. The third-order valence-electron chi connectivity index (χ3n) is 5.15. The van der Waals surface area contributed by atoms with Crippen LogP contribution in [-0.2, 0) is 16.7 Å². The SMILES string of the molecule is COC(=O)c1c(NC(=O)c2ccc(C(C)=O)cc2)sc2c1CC(C)(C)[NH2+]C2(C)C. The van der Waals surface area contributed by atoms with E-state index in [1.807, 2.05) is 0 Å². The zero-order valence-corrected chi connectivity index (χ0v) is 18.5. The van der Waals surface area contributed by atoms with Crippen LogP contribution in [0.15, 0.2) is 24.3 Å². The first-order valence-electron chi connectivity index (χ1n) is 9.49. The van der Waals surface area contributed by atoms with Gasteiger partial charge in [-0.25, -0.2) is 4.79 Å². The van der Waals surface area contributed by atoms with Gasteiger partial charge in [0.2, 0.25) is 0 Å². The predicted molar refractivity (Wildman–Crippen MR) is 113 cm³/mol. The number of carbonyl (C=O) groups excluding carboxylic acids is 3. The summed E-state index contributed by atoms with van der Waals surface area (Å²) in [5.41, 5.74) is 2.05. The molecule has 2 aromatic rings. The summed E-state index contributed by atoms with van der Waals surface area (Å²) in [5.74, 6) is -0.833. The molecule has 0 aliphatic carbocycles. The fourth-order valence-electron chi connectivity index (χ4n) is 4.14. The van der Waals surface area contributed by atoms with Crippen LogP contribution in [0, 0.1) is 0 Å². The molecule has 1 aromatic carbocycles. The van der Waals surface area contributed by atoms with Gasteiger partial charge in [0, 0.05) is 17.5 Å². The Labute approximate surface area is 174 Å². The van der Waals surface area contributed by atoms with E-state index in [-0.39, 0.29) is 22.8 Å². The molecule has 0 saturated heterocycles. The molecule has 1 amide bonds. The molecule has 29 heavy (non-hydrogen) atoms. The maximum atomic E-state index is 12.8. The quantitative estimate of drug-likeness (QED) is 0.593. The van der Waals surface area contributed by atoms with Crippen LogP contribution >= 0.6 is 11.3 Å². The number of carbonyl (C=O) groups is 3. The Morgan fingerprint density at radius 2 is 1.66 bits per heavy atom.